The zero-order valence-corrected chi connectivity index (χ0v) is 12.6. The van der Waals surface area contributed by atoms with Gasteiger partial charge in [0.15, 0.2) is 5.78 Å². The molecule has 0 aliphatic carbocycles. The number of ketones is 1. The number of hydrogen-bond donors (Lipinski definition) is 0. The SMILES string of the molecule is O=C(Cn1cnc(=O)c2ccccc21)c1ccc(Br)cc1. The summed E-state index contributed by atoms with van der Waals surface area (Å²) in [6.07, 6.45) is 1.42. The minimum Gasteiger partial charge on any atom is -0.324 e. The molecule has 0 fully saturated rings. The van der Waals surface area contributed by atoms with Gasteiger partial charge in [-0.15, -0.1) is 0 Å². The van der Waals surface area contributed by atoms with E-state index in [-0.39, 0.29) is 17.9 Å². The van der Waals surface area contributed by atoms with Crippen LogP contribution in [0.2, 0.25) is 0 Å². The number of hydrogen-bond acceptors (Lipinski definition) is 3. The van der Waals surface area contributed by atoms with E-state index < -0.39 is 0 Å². The number of nitrogens with zero attached hydrogens (tertiary/aromatic N) is 2. The number of fused-ring (bicyclic) bond motifs is 1. The summed E-state index contributed by atoms with van der Waals surface area (Å²) in [4.78, 5) is 27.8. The van der Waals surface area contributed by atoms with Crippen molar-refractivity contribution >= 4 is 32.6 Å². The van der Waals surface area contributed by atoms with Gasteiger partial charge in [-0.2, -0.15) is 4.98 Å². The first-order chi connectivity index (χ1) is 10.1. The lowest BCUT2D eigenvalue weighted by Gasteiger charge is -2.09. The summed E-state index contributed by atoms with van der Waals surface area (Å²) in [5.74, 6) is -0.0295. The lowest BCUT2D eigenvalue weighted by molar-refractivity contribution is 0.0973. The highest BCUT2D eigenvalue weighted by atomic mass is 79.9. The first-order valence-corrected chi connectivity index (χ1v) is 7.17. The molecule has 4 nitrogen and oxygen atoms in total. The monoisotopic (exact) mass is 342 g/mol. The summed E-state index contributed by atoms with van der Waals surface area (Å²) in [5, 5.41) is 0.517. The fourth-order valence-electron chi connectivity index (χ4n) is 2.17. The quantitative estimate of drug-likeness (QED) is 0.687. The van der Waals surface area contributed by atoms with E-state index in [1.165, 1.54) is 6.33 Å². The molecule has 0 spiro atoms. The second-order valence-corrected chi connectivity index (χ2v) is 5.54. The van der Waals surface area contributed by atoms with Crippen molar-refractivity contribution in [2.24, 2.45) is 0 Å². The van der Waals surface area contributed by atoms with Crippen LogP contribution in [0.25, 0.3) is 10.9 Å². The van der Waals surface area contributed by atoms with Crippen LogP contribution in [0.1, 0.15) is 10.4 Å². The summed E-state index contributed by atoms with van der Waals surface area (Å²) in [6.45, 7) is 0.148. The third kappa shape index (κ3) is 2.78. The summed E-state index contributed by atoms with van der Waals surface area (Å²) in [7, 11) is 0. The Morgan fingerprint density at radius 3 is 2.57 bits per heavy atom. The molecule has 3 rings (SSSR count). The second kappa shape index (κ2) is 5.61. The van der Waals surface area contributed by atoms with Crippen LogP contribution in [0.3, 0.4) is 0 Å². The molecule has 0 N–H and O–H groups in total. The predicted molar refractivity (Wildman–Crippen MR) is 84.5 cm³/mol. The molecular formula is C16H11BrN2O2. The largest absolute Gasteiger partial charge is 0.324 e. The van der Waals surface area contributed by atoms with Crippen LogP contribution in [0.15, 0.2) is 64.1 Å². The topological polar surface area (TPSA) is 52.0 Å². The minimum absolute atomic E-state index is 0.0295. The molecule has 0 amide bonds. The van der Waals surface area contributed by atoms with Gasteiger partial charge in [-0.1, -0.05) is 40.2 Å². The van der Waals surface area contributed by atoms with Gasteiger partial charge in [0, 0.05) is 10.0 Å². The number of Topliss-reactive ketones (excluding diaryl/α,β-unsaturated/α-hetero) is 1. The zero-order valence-electron chi connectivity index (χ0n) is 11.0. The van der Waals surface area contributed by atoms with Gasteiger partial charge in [-0.25, -0.2) is 0 Å². The number of aromatic nitrogens is 2. The van der Waals surface area contributed by atoms with E-state index in [4.69, 9.17) is 0 Å². The molecule has 21 heavy (non-hydrogen) atoms. The van der Waals surface area contributed by atoms with Crippen LogP contribution >= 0.6 is 15.9 Å². The Hall–Kier alpha value is -2.27. The van der Waals surface area contributed by atoms with Gasteiger partial charge in [-0.05, 0) is 24.3 Å². The number of halogens is 1. The molecule has 1 heterocycles. The van der Waals surface area contributed by atoms with Crippen LogP contribution in [0.4, 0.5) is 0 Å². The van der Waals surface area contributed by atoms with Crippen molar-refractivity contribution in [3.63, 3.8) is 0 Å². The summed E-state index contributed by atoms with van der Waals surface area (Å²) < 4.78 is 2.62. The molecule has 0 bridgehead atoms. The van der Waals surface area contributed by atoms with Gasteiger partial charge in [0.05, 0.1) is 23.8 Å². The van der Waals surface area contributed by atoms with Crippen LogP contribution in [0, 0.1) is 0 Å². The first kappa shape index (κ1) is 13.7. The van der Waals surface area contributed by atoms with Crippen LogP contribution in [-0.4, -0.2) is 15.3 Å². The Labute approximate surface area is 129 Å². The molecule has 1 aromatic heterocycles. The molecule has 0 radical (unpaired) electrons. The Morgan fingerprint density at radius 2 is 1.81 bits per heavy atom. The number of benzene rings is 2. The normalized spacial score (nSPS) is 10.7. The van der Waals surface area contributed by atoms with Crippen LogP contribution in [0.5, 0.6) is 0 Å². The first-order valence-electron chi connectivity index (χ1n) is 6.38. The van der Waals surface area contributed by atoms with Crippen molar-refractivity contribution in [2.45, 2.75) is 6.54 Å². The number of para-hydroxylation sites is 1. The van der Waals surface area contributed by atoms with Gasteiger partial charge in [-0.3, -0.25) is 9.59 Å². The smallest absolute Gasteiger partial charge is 0.280 e. The van der Waals surface area contributed by atoms with Gasteiger partial charge in [0.1, 0.15) is 0 Å². The predicted octanol–water partition coefficient (Wildman–Crippen LogP) is 3.04. The van der Waals surface area contributed by atoms with Crippen molar-refractivity contribution in [2.75, 3.05) is 0 Å². The van der Waals surface area contributed by atoms with Crippen molar-refractivity contribution in [3.8, 4) is 0 Å². The number of rotatable bonds is 3. The Bertz CT molecular complexity index is 869. The summed E-state index contributed by atoms with van der Waals surface area (Å²) >= 11 is 3.34. The molecule has 0 saturated heterocycles. The molecular weight excluding hydrogens is 332 g/mol. The fourth-order valence-corrected chi connectivity index (χ4v) is 2.43. The van der Waals surface area contributed by atoms with Crippen LogP contribution in [-0.2, 0) is 6.54 Å². The maximum atomic E-state index is 12.3. The second-order valence-electron chi connectivity index (χ2n) is 4.62. The standard InChI is InChI=1S/C16H11BrN2O2/c17-12-7-5-11(6-8-12)15(20)9-19-10-18-16(21)13-3-1-2-4-14(13)19/h1-8,10H,9H2. The molecule has 3 aromatic rings. The minimum atomic E-state index is -0.280. The molecule has 0 atom stereocenters. The molecule has 104 valence electrons. The highest BCUT2D eigenvalue weighted by Crippen LogP contribution is 2.13. The average Bonchev–Trinajstić information content (AvgIpc) is 2.51. The highest BCUT2D eigenvalue weighted by Gasteiger charge is 2.09. The van der Waals surface area contributed by atoms with Gasteiger partial charge in [0.2, 0.25) is 0 Å². The van der Waals surface area contributed by atoms with E-state index in [1.54, 1.807) is 28.8 Å². The van der Waals surface area contributed by atoms with Gasteiger partial charge >= 0.3 is 0 Å². The highest BCUT2D eigenvalue weighted by molar-refractivity contribution is 9.10. The lowest BCUT2D eigenvalue weighted by Crippen LogP contribution is -2.16. The molecule has 5 heteroatoms. The third-order valence-electron chi connectivity index (χ3n) is 3.24. The lowest BCUT2D eigenvalue weighted by atomic mass is 10.1. The molecule has 0 saturated carbocycles. The number of carbonyl (C=O) groups is 1. The fraction of sp³-hybridized carbons (Fsp3) is 0.0625. The van der Waals surface area contributed by atoms with Gasteiger partial charge in [0.25, 0.3) is 5.56 Å². The summed E-state index contributed by atoms with van der Waals surface area (Å²) in [5.41, 5.74) is 1.06. The Kier molecular flexibility index (Phi) is 3.66. The van der Waals surface area contributed by atoms with Crippen molar-refractivity contribution < 1.29 is 4.79 Å². The van der Waals surface area contributed by atoms with E-state index in [1.807, 2.05) is 24.3 Å². The molecule has 2 aromatic carbocycles. The van der Waals surface area contributed by atoms with Crippen molar-refractivity contribution in [1.29, 1.82) is 0 Å². The zero-order chi connectivity index (χ0) is 14.8. The average molecular weight is 343 g/mol. The van der Waals surface area contributed by atoms with E-state index in [9.17, 15) is 9.59 Å². The third-order valence-corrected chi connectivity index (χ3v) is 3.77. The van der Waals surface area contributed by atoms with E-state index in [0.717, 1.165) is 4.47 Å². The number of carbonyl (C=O) groups excluding carboxylic acids is 1. The van der Waals surface area contributed by atoms with E-state index >= 15 is 0 Å². The van der Waals surface area contributed by atoms with E-state index in [2.05, 4.69) is 20.9 Å². The molecule has 0 aliphatic heterocycles. The Balaban J connectivity index is 1.99. The molecule has 0 aliphatic rings. The Morgan fingerprint density at radius 1 is 1.10 bits per heavy atom. The summed E-state index contributed by atoms with van der Waals surface area (Å²) in [6, 6.07) is 14.3. The van der Waals surface area contributed by atoms with Crippen LogP contribution < -0.4 is 5.56 Å². The maximum absolute atomic E-state index is 12.3. The van der Waals surface area contributed by atoms with Crippen molar-refractivity contribution in [3.05, 3.63) is 75.2 Å². The molecule has 0 unspecified atom stereocenters. The van der Waals surface area contributed by atoms with Crippen molar-refractivity contribution in [1.82, 2.24) is 9.55 Å². The maximum Gasteiger partial charge on any atom is 0.280 e. The van der Waals surface area contributed by atoms with Gasteiger partial charge < -0.3 is 4.57 Å². The van der Waals surface area contributed by atoms with E-state index in [0.29, 0.717) is 16.5 Å².